The molecule has 0 bridgehead atoms. The molecule has 0 unspecified atom stereocenters. The Morgan fingerprint density at radius 2 is 1.55 bits per heavy atom. The van der Waals surface area contributed by atoms with Crippen LogP contribution >= 0.6 is 15.9 Å². The minimum Gasteiger partial charge on any atom is -0.490 e. The van der Waals surface area contributed by atoms with E-state index in [9.17, 15) is 31.2 Å². The molecule has 2 atom stereocenters. The number of hydrogen-bond acceptors (Lipinski definition) is 7. The van der Waals surface area contributed by atoms with E-state index in [1.54, 1.807) is 12.1 Å². The number of benzene rings is 3. The van der Waals surface area contributed by atoms with Crippen molar-refractivity contribution in [3.63, 3.8) is 0 Å². The van der Waals surface area contributed by atoms with E-state index < -0.39 is 61.0 Å². The smallest absolute Gasteiger partial charge is 0.490 e. The number of hydrogen-bond donors (Lipinski definition) is 1. The molecular weight excluding hydrogens is 717 g/mol. The largest absolute Gasteiger partial charge is 0.492 e. The number of sulfonamides is 1. The Bertz CT molecular complexity index is 1740. The summed E-state index contributed by atoms with van der Waals surface area (Å²) in [7, 11) is -5.58. The predicted octanol–water partition coefficient (Wildman–Crippen LogP) is 6.05. The van der Waals surface area contributed by atoms with Gasteiger partial charge in [-0.3, -0.25) is 4.79 Å². The molecule has 5 rings (SSSR count). The Morgan fingerprint density at radius 1 is 0.915 bits per heavy atom. The van der Waals surface area contributed by atoms with Crippen LogP contribution in [0.2, 0.25) is 0 Å². The standard InChI is InChI=1S/C31H31BrF5N3O6S/c32-22-11-9-21(10-12-22)30(33,34)27(28(41)39-15-3-4-23(38)18-39)40(46-29(42)31(35,36)37)47(43,44)26-14-8-19-16-25(13-7-20(19)17-26)45-24-5-1-2-6-24/h7-14,16-17,23-24,27H,1-6,15,18,38H2/t23-,27-/m0/s1. The van der Waals surface area contributed by atoms with Crippen LogP contribution in [0.4, 0.5) is 22.0 Å². The van der Waals surface area contributed by atoms with Crippen LogP contribution in [0.25, 0.3) is 10.8 Å². The number of carbonyl (C=O) groups is 2. The molecule has 1 heterocycles. The Labute approximate surface area is 275 Å². The van der Waals surface area contributed by atoms with Crippen molar-refractivity contribution in [1.29, 1.82) is 0 Å². The number of nitrogens with zero attached hydrogens (tertiary/aromatic N) is 2. The highest BCUT2D eigenvalue weighted by Crippen LogP contribution is 2.40. The molecule has 1 amide bonds. The number of rotatable bonds is 9. The van der Waals surface area contributed by atoms with Crippen molar-refractivity contribution in [2.24, 2.45) is 5.73 Å². The van der Waals surface area contributed by atoms with Gasteiger partial charge in [0.15, 0.2) is 0 Å². The van der Waals surface area contributed by atoms with Crippen molar-refractivity contribution in [3.05, 3.63) is 70.7 Å². The first kappa shape index (κ1) is 35.0. The molecular formula is C31H31BrF5N3O6S. The van der Waals surface area contributed by atoms with Crippen molar-refractivity contribution >= 4 is 48.6 Å². The minimum atomic E-state index is -5.80. The van der Waals surface area contributed by atoms with Crippen LogP contribution in [0.5, 0.6) is 5.75 Å². The van der Waals surface area contributed by atoms with Crippen LogP contribution in [0.3, 0.4) is 0 Å². The number of hydroxylamine groups is 1. The molecule has 3 aromatic rings. The molecule has 2 aliphatic rings. The molecule has 0 aromatic heterocycles. The van der Waals surface area contributed by atoms with E-state index in [1.165, 1.54) is 24.3 Å². The van der Waals surface area contributed by atoms with Gasteiger partial charge in [-0.15, -0.1) is 0 Å². The summed E-state index contributed by atoms with van der Waals surface area (Å²) in [5.41, 5.74) is 5.02. The lowest BCUT2D eigenvalue weighted by Gasteiger charge is -2.38. The zero-order valence-electron chi connectivity index (χ0n) is 24.8. The molecule has 1 saturated heterocycles. The molecule has 0 radical (unpaired) electrons. The average molecular weight is 749 g/mol. The summed E-state index contributed by atoms with van der Waals surface area (Å²) >= 11 is 3.10. The number of ether oxygens (including phenoxy) is 1. The van der Waals surface area contributed by atoms with Crippen LogP contribution in [0.15, 0.2) is 70.0 Å². The maximum atomic E-state index is 16.5. The topological polar surface area (TPSA) is 119 Å². The Balaban J connectivity index is 1.61. The van der Waals surface area contributed by atoms with E-state index >= 15 is 8.78 Å². The molecule has 254 valence electrons. The summed E-state index contributed by atoms with van der Waals surface area (Å²) in [5.74, 6) is -8.71. The molecule has 3 aromatic carbocycles. The van der Waals surface area contributed by atoms with Gasteiger partial charge in [-0.1, -0.05) is 40.2 Å². The number of nitrogens with two attached hydrogens (primary N) is 1. The first-order chi connectivity index (χ1) is 22.1. The summed E-state index contributed by atoms with van der Waals surface area (Å²) in [4.78, 5) is 30.3. The number of likely N-dealkylation sites (tertiary alicyclic amines) is 1. The number of fused-ring (bicyclic) bond motifs is 1. The Hall–Kier alpha value is -3.34. The Morgan fingerprint density at radius 3 is 2.19 bits per heavy atom. The van der Waals surface area contributed by atoms with Gasteiger partial charge in [0.1, 0.15) is 5.75 Å². The molecule has 1 aliphatic heterocycles. The fourth-order valence-corrected chi connectivity index (χ4v) is 7.36. The van der Waals surface area contributed by atoms with Crippen LogP contribution in [0.1, 0.15) is 44.1 Å². The van der Waals surface area contributed by atoms with Crippen molar-refractivity contribution in [1.82, 2.24) is 9.37 Å². The van der Waals surface area contributed by atoms with E-state index in [-0.39, 0.29) is 31.0 Å². The van der Waals surface area contributed by atoms with Crippen molar-refractivity contribution in [2.45, 2.75) is 73.7 Å². The second-order valence-electron chi connectivity index (χ2n) is 11.6. The van der Waals surface area contributed by atoms with E-state index in [4.69, 9.17) is 10.5 Å². The summed E-state index contributed by atoms with van der Waals surface area (Å²) in [6.45, 7) is -0.421. The number of alkyl halides is 5. The van der Waals surface area contributed by atoms with E-state index in [0.717, 1.165) is 54.8 Å². The third-order valence-corrected chi connectivity index (χ3v) is 10.3. The lowest BCUT2D eigenvalue weighted by molar-refractivity contribution is -0.239. The van der Waals surface area contributed by atoms with Crippen LogP contribution in [0, 0.1) is 0 Å². The van der Waals surface area contributed by atoms with Gasteiger partial charge in [-0.05, 0) is 90.2 Å². The molecule has 9 nitrogen and oxygen atoms in total. The number of piperidine rings is 1. The normalized spacial score (nSPS) is 18.8. The maximum Gasteiger partial charge on any atom is 0.492 e. The van der Waals surface area contributed by atoms with E-state index in [0.29, 0.717) is 22.0 Å². The molecule has 2 fully saturated rings. The third-order valence-electron chi connectivity index (χ3n) is 8.11. The van der Waals surface area contributed by atoms with Gasteiger partial charge in [0.05, 0.1) is 11.0 Å². The fraction of sp³-hybridized carbons (Fsp3) is 0.419. The van der Waals surface area contributed by atoms with E-state index in [1.807, 2.05) is 0 Å². The lowest BCUT2D eigenvalue weighted by Crippen LogP contribution is -2.60. The average Bonchev–Trinajstić information content (AvgIpc) is 3.53. The van der Waals surface area contributed by atoms with Gasteiger partial charge >= 0.3 is 18.1 Å². The highest BCUT2D eigenvalue weighted by atomic mass is 79.9. The molecule has 1 saturated carbocycles. The molecule has 1 aliphatic carbocycles. The van der Waals surface area contributed by atoms with Gasteiger partial charge in [-0.2, -0.15) is 22.0 Å². The molecule has 47 heavy (non-hydrogen) atoms. The minimum absolute atomic E-state index is 0.0281. The fourth-order valence-electron chi connectivity index (χ4n) is 5.70. The first-order valence-corrected chi connectivity index (χ1v) is 17.0. The zero-order valence-corrected chi connectivity index (χ0v) is 27.2. The second kappa shape index (κ2) is 13.6. The number of carbonyl (C=O) groups excluding carboxylic acids is 2. The van der Waals surface area contributed by atoms with Crippen molar-refractivity contribution in [3.8, 4) is 5.75 Å². The summed E-state index contributed by atoms with van der Waals surface area (Å²) in [6.07, 6.45) is -1.26. The van der Waals surface area contributed by atoms with Gasteiger partial charge in [0.2, 0.25) is 6.04 Å². The van der Waals surface area contributed by atoms with Crippen molar-refractivity contribution in [2.75, 3.05) is 13.1 Å². The number of amides is 1. The summed E-state index contributed by atoms with van der Waals surface area (Å²) in [6, 6.07) is 8.14. The Kier molecular flexibility index (Phi) is 10.2. The highest BCUT2D eigenvalue weighted by molar-refractivity contribution is 9.10. The first-order valence-electron chi connectivity index (χ1n) is 14.8. The highest BCUT2D eigenvalue weighted by Gasteiger charge is 2.58. The van der Waals surface area contributed by atoms with Crippen molar-refractivity contribution < 1.29 is 49.5 Å². The molecule has 0 spiro atoms. The SMILES string of the molecule is N[C@H]1CCCN(C(=O)[C@H](N(OC(=O)C(F)(F)F)S(=O)(=O)c2ccc3cc(OC4CCCC4)ccc3c2)C(F)(F)c2ccc(Br)cc2)C1. The van der Waals surface area contributed by atoms with Crippen LogP contribution in [-0.4, -0.2) is 67.1 Å². The van der Waals surface area contributed by atoms with Gasteiger partial charge in [0.25, 0.3) is 15.9 Å². The maximum absolute atomic E-state index is 16.5. The summed E-state index contributed by atoms with van der Waals surface area (Å²) in [5, 5.41) is 0.741. The van der Waals surface area contributed by atoms with Crippen LogP contribution < -0.4 is 10.5 Å². The zero-order chi connectivity index (χ0) is 34.1. The quantitative estimate of drug-likeness (QED) is 0.209. The second-order valence-corrected chi connectivity index (χ2v) is 14.2. The lowest BCUT2D eigenvalue weighted by atomic mass is 9.98. The third kappa shape index (κ3) is 7.71. The van der Waals surface area contributed by atoms with Gasteiger partial charge in [0, 0.05) is 29.2 Å². The summed E-state index contributed by atoms with van der Waals surface area (Å²) < 4.78 is 107. The van der Waals surface area contributed by atoms with E-state index in [2.05, 4.69) is 20.8 Å². The van der Waals surface area contributed by atoms with Gasteiger partial charge < -0.3 is 20.2 Å². The number of halogens is 6. The molecule has 16 heteroatoms. The van der Waals surface area contributed by atoms with Crippen LogP contribution in [-0.2, 0) is 30.4 Å². The monoisotopic (exact) mass is 747 g/mol. The molecule has 2 N–H and O–H groups in total. The van der Waals surface area contributed by atoms with Gasteiger partial charge in [-0.25, -0.2) is 13.2 Å². The predicted molar refractivity (Wildman–Crippen MR) is 164 cm³/mol.